The van der Waals surface area contributed by atoms with Gasteiger partial charge in [-0.15, -0.1) is 0 Å². The Morgan fingerprint density at radius 2 is 1.93 bits per heavy atom. The molecule has 1 aliphatic carbocycles. The van der Waals surface area contributed by atoms with Crippen molar-refractivity contribution in [3.63, 3.8) is 0 Å². The molecule has 1 amide bonds. The van der Waals surface area contributed by atoms with E-state index in [1.807, 2.05) is 20.8 Å². The molecule has 2 aromatic rings. The average Bonchev–Trinajstić information content (AvgIpc) is 2.94. The van der Waals surface area contributed by atoms with Crippen LogP contribution in [0.1, 0.15) is 71.8 Å². The first-order valence-corrected chi connectivity index (χ1v) is 15.1. The highest BCUT2D eigenvalue weighted by Gasteiger charge is 2.29. The van der Waals surface area contributed by atoms with Crippen molar-refractivity contribution < 1.29 is 18.7 Å². The van der Waals surface area contributed by atoms with Crippen LogP contribution in [-0.2, 0) is 9.47 Å². The number of alkyl carbamates (subject to hydrolysis) is 1. The van der Waals surface area contributed by atoms with Crippen LogP contribution in [0.2, 0.25) is 5.02 Å². The summed E-state index contributed by atoms with van der Waals surface area (Å²) in [6.07, 6.45) is 7.28. The number of anilines is 2. The lowest BCUT2D eigenvalue weighted by molar-refractivity contribution is 0.0527. The zero-order chi connectivity index (χ0) is 29.4. The quantitative estimate of drug-likeness (QED) is 0.338. The van der Waals surface area contributed by atoms with Gasteiger partial charge in [0.25, 0.3) is 5.56 Å². The van der Waals surface area contributed by atoms with Gasteiger partial charge in [0.15, 0.2) is 0 Å². The van der Waals surface area contributed by atoms with Crippen molar-refractivity contribution in [2.75, 3.05) is 43.1 Å². The van der Waals surface area contributed by atoms with E-state index in [-0.39, 0.29) is 28.5 Å². The van der Waals surface area contributed by atoms with Crippen LogP contribution in [0.4, 0.5) is 20.6 Å². The van der Waals surface area contributed by atoms with Crippen LogP contribution in [-0.4, -0.2) is 60.4 Å². The molecule has 1 saturated carbocycles. The Morgan fingerprint density at radius 3 is 2.59 bits per heavy atom. The predicted molar refractivity (Wildman–Crippen MR) is 159 cm³/mol. The van der Waals surface area contributed by atoms with Crippen molar-refractivity contribution in [3.8, 4) is 0 Å². The smallest absolute Gasteiger partial charge is 0.407 e. The van der Waals surface area contributed by atoms with E-state index in [0.29, 0.717) is 44.3 Å². The van der Waals surface area contributed by atoms with Crippen LogP contribution >= 0.6 is 11.6 Å². The summed E-state index contributed by atoms with van der Waals surface area (Å²) in [5.74, 6) is 0.117. The topological polar surface area (TPSA) is 97.7 Å². The number of rotatable bonds is 10. The van der Waals surface area contributed by atoms with Gasteiger partial charge in [0.05, 0.1) is 24.5 Å². The molecular formula is C30H43ClFN5O4. The van der Waals surface area contributed by atoms with Gasteiger partial charge in [0.1, 0.15) is 16.4 Å². The number of halogens is 2. The summed E-state index contributed by atoms with van der Waals surface area (Å²) in [5.41, 5.74) is 0.674. The van der Waals surface area contributed by atoms with Crippen molar-refractivity contribution in [2.24, 2.45) is 5.92 Å². The zero-order valence-electron chi connectivity index (χ0n) is 24.3. The summed E-state index contributed by atoms with van der Waals surface area (Å²) in [5, 5.41) is 10.8. The second kappa shape index (κ2) is 14.4. The summed E-state index contributed by atoms with van der Waals surface area (Å²) in [7, 11) is 0. The Bertz CT molecular complexity index is 1190. The molecule has 0 radical (unpaired) electrons. The monoisotopic (exact) mass is 591 g/mol. The van der Waals surface area contributed by atoms with Crippen molar-refractivity contribution >= 4 is 29.1 Å². The Labute approximate surface area is 246 Å². The molecule has 1 aromatic carbocycles. The number of ether oxygens (including phenoxy) is 2. The minimum absolute atomic E-state index is 0.0408. The Balaban J connectivity index is 1.35. The number of carbonyl (C=O) groups is 1. The summed E-state index contributed by atoms with van der Waals surface area (Å²) in [6, 6.07) is 6.69. The van der Waals surface area contributed by atoms with Crippen molar-refractivity contribution in [1.29, 1.82) is 0 Å². The molecule has 1 atom stereocenters. The highest BCUT2D eigenvalue weighted by molar-refractivity contribution is 6.32. The molecule has 41 heavy (non-hydrogen) atoms. The van der Waals surface area contributed by atoms with Gasteiger partial charge in [-0.1, -0.05) is 11.6 Å². The second-order valence-corrected chi connectivity index (χ2v) is 12.4. The van der Waals surface area contributed by atoms with Crippen molar-refractivity contribution in [2.45, 2.75) is 83.4 Å². The molecule has 226 valence electrons. The molecule has 1 aromatic heterocycles. The lowest BCUT2D eigenvalue weighted by Crippen LogP contribution is -2.42. The normalized spacial score (nSPS) is 21.2. The first-order chi connectivity index (χ1) is 19.6. The lowest BCUT2D eigenvalue weighted by atomic mass is 9.89. The van der Waals surface area contributed by atoms with Crippen LogP contribution in [0.5, 0.6) is 0 Å². The van der Waals surface area contributed by atoms with Crippen LogP contribution in [0, 0.1) is 11.7 Å². The molecule has 2 heterocycles. The van der Waals surface area contributed by atoms with E-state index in [0.717, 1.165) is 50.8 Å². The molecule has 2 aliphatic rings. The Morgan fingerprint density at radius 1 is 1.20 bits per heavy atom. The van der Waals surface area contributed by atoms with E-state index in [2.05, 4.69) is 20.6 Å². The number of hydrogen-bond acceptors (Lipinski definition) is 7. The van der Waals surface area contributed by atoms with Crippen molar-refractivity contribution in [3.05, 3.63) is 51.7 Å². The number of hydrogen-bond donors (Lipinski definition) is 2. The highest BCUT2D eigenvalue weighted by Crippen LogP contribution is 2.33. The molecular weight excluding hydrogens is 549 g/mol. The van der Waals surface area contributed by atoms with Crippen LogP contribution in [0.15, 0.2) is 35.3 Å². The van der Waals surface area contributed by atoms with Gasteiger partial charge >= 0.3 is 6.09 Å². The van der Waals surface area contributed by atoms with Gasteiger partial charge in [0, 0.05) is 38.0 Å². The molecule has 1 unspecified atom stereocenters. The maximum Gasteiger partial charge on any atom is 0.407 e. The number of aromatic nitrogens is 2. The van der Waals surface area contributed by atoms with Gasteiger partial charge in [-0.2, -0.15) is 5.10 Å². The summed E-state index contributed by atoms with van der Waals surface area (Å²) in [6.45, 7) is 8.86. The largest absolute Gasteiger partial charge is 0.444 e. The van der Waals surface area contributed by atoms with Crippen LogP contribution < -0.4 is 21.1 Å². The molecule has 4 rings (SSSR count). The number of nitrogens with one attached hydrogen (secondary N) is 2. The zero-order valence-corrected chi connectivity index (χ0v) is 25.1. The number of nitrogens with zero attached hydrogens (tertiary/aromatic N) is 3. The van der Waals surface area contributed by atoms with Crippen LogP contribution in [0.3, 0.4) is 0 Å². The minimum atomic E-state index is -0.550. The summed E-state index contributed by atoms with van der Waals surface area (Å²) in [4.78, 5) is 27.4. The first-order valence-electron chi connectivity index (χ1n) is 14.7. The number of carbonyl (C=O) groups excluding carboxylic acids is 1. The lowest BCUT2D eigenvalue weighted by Gasteiger charge is -2.38. The van der Waals surface area contributed by atoms with Gasteiger partial charge in [-0.05, 0) is 95.9 Å². The summed E-state index contributed by atoms with van der Waals surface area (Å²) >= 11 is 6.49. The Hall–Kier alpha value is -2.85. The maximum atomic E-state index is 13.7. The second-order valence-electron chi connectivity index (χ2n) is 12.0. The van der Waals surface area contributed by atoms with Gasteiger partial charge < -0.3 is 25.0 Å². The third kappa shape index (κ3) is 9.07. The third-order valence-electron chi connectivity index (χ3n) is 7.63. The fourth-order valence-corrected chi connectivity index (χ4v) is 5.78. The molecule has 0 spiro atoms. The van der Waals surface area contributed by atoms with E-state index in [1.54, 1.807) is 18.3 Å². The molecule has 2 fully saturated rings. The van der Waals surface area contributed by atoms with E-state index < -0.39 is 11.7 Å². The van der Waals surface area contributed by atoms with Crippen molar-refractivity contribution in [1.82, 2.24) is 15.1 Å². The van der Waals surface area contributed by atoms with Gasteiger partial charge in [0.2, 0.25) is 0 Å². The van der Waals surface area contributed by atoms with Gasteiger partial charge in [-0.3, -0.25) is 4.79 Å². The van der Waals surface area contributed by atoms with E-state index >= 15 is 0 Å². The van der Waals surface area contributed by atoms with Crippen LogP contribution in [0.25, 0.3) is 0 Å². The molecule has 1 aliphatic heterocycles. The molecule has 9 nitrogen and oxygen atoms in total. The fraction of sp³-hybridized carbons (Fsp3) is 0.633. The molecule has 2 N–H and O–H groups in total. The third-order valence-corrected chi connectivity index (χ3v) is 8.00. The SMILES string of the molecule is CC(C)(C)OC(=O)NCCCN(c1ccc(F)cc1)C1CCC(n2ncc(NCC3CCCOC3)c(Cl)c2=O)CC1. The minimum Gasteiger partial charge on any atom is -0.444 e. The average molecular weight is 592 g/mol. The fourth-order valence-electron chi connectivity index (χ4n) is 5.57. The number of amides is 1. The Kier molecular flexibility index (Phi) is 10.9. The van der Waals surface area contributed by atoms with E-state index in [4.69, 9.17) is 21.1 Å². The molecule has 11 heteroatoms. The van der Waals surface area contributed by atoms with E-state index in [1.165, 1.54) is 16.8 Å². The first kappa shape index (κ1) is 31.1. The standard InChI is InChI=1S/C30H43ClFN5O4/c1-30(2,3)41-29(39)33-15-5-16-36(23-9-7-22(32)8-10-23)24-11-13-25(14-12-24)37-28(38)27(31)26(19-35-37)34-18-21-6-4-17-40-20-21/h7-10,19,21,24-25,34H,4-6,11-18,20H2,1-3H3,(H,33,39). The van der Waals surface area contributed by atoms with Gasteiger partial charge in [-0.25, -0.2) is 13.9 Å². The number of benzene rings is 1. The highest BCUT2D eigenvalue weighted by atomic mass is 35.5. The maximum absolute atomic E-state index is 13.7. The molecule has 0 bridgehead atoms. The molecule has 1 saturated heterocycles. The predicted octanol–water partition coefficient (Wildman–Crippen LogP) is 5.78. The van der Waals surface area contributed by atoms with E-state index in [9.17, 15) is 14.0 Å². The summed E-state index contributed by atoms with van der Waals surface area (Å²) < 4.78 is 26.1.